The highest BCUT2D eigenvalue weighted by Gasteiger charge is 2.22. The van der Waals surface area contributed by atoms with Gasteiger partial charge in [0.1, 0.15) is 12.4 Å². The van der Waals surface area contributed by atoms with Gasteiger partial charge in [-0.25, -0.2) is 9.97 Å². The highest BCUT2D eigenvalue weighted by atomic mass is 16.6. The molecule has 2 rings (SSSR count). The number of aliphatic carboxylic acids is 1. The molecule has 0 aliphatic carbocycles. The number of nitro groups is 1. The highest BCUT2D eigenvalue weighted by molar-refractivity contribution is 5.66. The molecule has 2 heterocycles. The molecule has 1 aliphatic rings. The van der Waals surface area contributed by atoms with Crippen LogP contribution in [0.4, 0.5) is 11.6 Å². The fourth-order valence-corrected chi connectivity index (χ4v) is 2.38. The Hall–Kier alpha value is -2.25. The summed E-state index contributed by atoms with van der Waals surface area (Å²) >= 11 is 0. The van der Waals surface area contributed by atoms with Crippen molar-refractivity contribution in [2.24, 2.45) is 5.92 Å². The van der Waals surface area contributed by atoms with Crippen molar-refractivity contribution in [2.75, 3.05) is 18.0 Å². The second-order valence-electron chi connectivity index (χ2n) is 4.89. The third-order valence-corrected chi connectivity index (χ3v) is 3.40. The second kappa shape index (κ2) is 6.27. The molecular formula is C12H16N4O4. The van der Waals surface area contributed by atoms with Crippen molar-refractivity contribution < 1.29 is 14.8 Å². The number of aromatic nitrogens is 2. The Morgan fingerprint density at radius 1 is 1.50 bits per heavy atom. The van der Waals surface area contributed by atoms with Gasteiger partial charge in [0.25, 0.3) is 0 Å². The molecule has 0 saturated carbocycles. The average molecular weight is 280 g/mol. The SMILES string of the molecule is O=C(O)CCC1CCCN(c2ncc([N+](=O)[O-])cn2)C1. The minimum Gasteiger partial charge on any atom is -0.481 e. The molecule has 108 valence electrons. The van der Waals surface area contributed by atoms with Crippen molar-refractivity contribution in [2.45, 2.75) is 25.7 Å². The van der Waals surface area contributed by atoms with Crippen molar-refractivity contribution in [1.82, 2.24) is 9.97 Å². The Bertz CT molecular complexity index is 491. The van der Waals surface area contributed by atoms with Gasteiger partial charge < -0.3 is 10.0 Å². The van der Waals surface area contributed by atoms with Crippen molar-refractivity contribution >= 4 is 17.6 Å². The first-order valence-corrected chi connectivity index (χ1v) is 6.49. The van der Waals surface area contributed by atoms with Gasteiger partial charge in [0.15, 0.2) is 0 Å². The molecule has 1 atom stereocenters. The molecule has 0 aromatic carbocycles. The summed E-state index contributed by atoms with van der Waals surface area (Å²) in [4.78, 5) is 30.6. The van der Waals surface area contributed by atoms with Crippen LogP contribution >= 0.6 is 0 Å². The molecule has 20 heavy (non-hydrogen) atoms. The number of carbonyl (C=O) groups is 1. The zero-order valence-corrected chi connectivity index (χ0v) is 10.9. The summed E-state index contributed by atoms with van der Waals surface area (Å²) in [6.07, 6.45) is 5.15. The predicted molar refractivity (Wildman–Crippen MR) is 70.5 cm³/mol. The van der Waals surface area contributed by atoms with Gasteiger partial charge in [-0.1, -0.05) is 0 Å². The molecule has 0 bridgehead atoms. The van der Waals surface area contributed by atoms with Crippen LogP contribution in [0.1, 0.15) is 25.7 Å². The summed E-state index contributed by atoms with van der Waals surface area (Å²) in [5.74, 6) is -0.0111. The number of anilines is 1. The standard InChI is InChI=1S/C12H16N4O4/c17-11(18)4-3-9-2-1-5-15(8-9)12-13-6-10(7-14-12)16(19)20/h6-7,9H,1-5,8H2,(H,17,18). The average Bonchev–Trinajstić information content (AvgIpc) is 2.45. The smallest absolute Gasteiger partial charge is 0.305 e. The molecule has 1 fully saturated rings. The fraction of sp³-hybridized carbons (Fsp3) is 0.583. The van der Waals surface area contributed by atoms with Crippen LogP contribution in [0.3, 0.4) is 0 Å². The molecule has 1 aromatic rings. The molecule has 1 aromatic heterocycles. The molecule has 1 aliphatic heterocycles. The number of carboxylic acids is 1. The van der Waals surface area contributed by atoms with Gasteiger partial charge >= 0.3 is 11.7 Å². The lowest BCUT2D eigenvalue weighted by atomic mass is 9.93. The van der Waals surface area contributed by atoms with Crippen LogP contribution in [-0.2, 0) is 4.79 Å². The van der Waals surface area contributed by atoms with E-state index in [1.54, 1.807) is 0 Å². The van der Waals surface area contributed by atoms with E-state index in [0.717, 1.165) is 19.4 Å². The van der Waals surface area contributed by atoms with Crippen molar-refractivity contribution in [3.05, 3.63) is 22.5 Å². The zero-order valence-electron chi connectivity index (χ0n) is 10.9. The number of piperidine rings is 1. The van der Waals surface area contributed by atoms with E-state index in [0.29, 0.717) is 24.8 Å². The van der Waals surface area contributed by atoms with Gasteiger partial charge in [0, 0.05) is 19.5 Å². The molecule has 1 unspecified atom stereocenters. The summed E-state index contributed by atoms with van der Waals surface area (Å²) in [7, 11) is 0. The van der Waals surface area contributed by atoms with Crippen LogP contribution in [0.15, 0.2) is 12.4 Å². The van der Waals surface area contributed by atoms with Crippen molar-refractivity contribution in [3.63, 3.8) is 0 Å². The summed E-state index contributed by atoms with van der Waals surface area (Å²) in [5, 5.41) is 19.3. The van der Waals surface area contributed by atoms with Crippen LogP contribution in [0.25, 0.3) is 0 Å². The molecule has 0 amide bonds. The summed E-state index contributed by atoms with van der Waals surface area (Å²) < 4.78 is 0. The zero-order chi connectivity index (χ0) is 14.5. The first kappa shape index (κ1) is 14.2. The van der Waals surface area contributed by atoms with E-state index in [1.807, 2.05) is 4.90 Å². The Morgan fingerprint density at radius 2 is 2.20 bits per heavy atom. The van der Waals surface area contributed by atoms with Crippen molar-refractivity contribution in [3.8, 4) is 0 Å². The summed E-state index contributed by atoms with van der Waals surface area (Å²) in [6.45, 7) is 1.49. The fourth-order valence-electron chi connectivity index (χ4n) is 2.38. The molecule has 0 spiro atoms. The maximum absolute atomic E-state index is 10.6. The monoisotopic (exact) mass is 280 g/mol. The summed E-state index contributed by atoms with van der Waals surface area (Å²) in [5.41, 5.74) is -0.131. The minimum absolute atomic E-state index is 0.131. The van der Waals surface area contributed by atoms with Crippen molar-refractivity contribution in [1.29, 1.82) is 0 Å². The number of hydrogen-bond acceptors (Lipinski definition) is 6. The second-order valence-corrected chi connectivity index (χ2v) is 4.89. The van der Waals surface area contributed by atoms with Crippen LogP contribution < -0.4 is 4.90 Å². The number of hydrogen-bond donors (Lipinski definition) is 1. The van der Waals surface area contributed by atoms with Gasteiger partial charge in [0.05, 0.1) is 4.92 Å². The van der Waals surface area contributed by atoms with Gasteiger partial charge in [-0.3, -0.25) is 14.9 Å². The van der Waals surface area contributed by atoms with E-state index in [-0.39, 0.29) is 12.1 Å². The Kier molecular flexibility index (Phi) is 4.44. The van der Waals surface area contributed by atoms with E-state index < -0.39 is 10.9 Å². The number of rotatable bonds is 5. The first-order valence-electron chi connectivity index (χ1n) is 6.49. The van der Waals surface area contributed by atoms with Crippen LogP contribution in [-0.4, -0.2) is 39.1 Å². The Morgan fingerprint density at radius 3 is 2.80 bits per heavy atom. The normalized spacial score (nSPS) is 18.8. The van der Waals surface area contributed by atoms with E-state index in [2.05, 4.69) is 9.97 Å². The number of nitrogens with zero attached hydrogens (tertiary/aromatic N) is 4. The van der Waals surface area contributed by atoms with E-state index in [1.165, 1.54) is 12.4 Å². The third-order valence-electron chi connectivity index (χ3n) is 3.40. The molecule has 8 heteroatoms. The van der Waals surface area contributed by atoms with Gasteiger partial charge in [-0.05, 0) is 25.2 Å². The quantitative estimate of drug-likeness (QED) is 0.642. The van der Waals surface area contributed by atoms with Gasteiger partial charge in [-0.15, -0.1) is 0 Å². The summed E-state index contributed by atoms with van der Waals surface area (Å²) in [6, 6.07) is 0. The number of carboxylic acid groups (broad SMARTS) is 1. The molecule has 1 N–H and O–H groups in total. The molecule has 1 saturated heterocycles. The van der Waals surface area contributed by atoms with E-state index >= 15 is 0 Å². The maximum atomic E-state index is 10.6. The topological polar surface area (TPSA) is 109 Å². The third kappa shape index (κ3) is 3.62. The van der Waals surface area contributed by atoms with E-state index in [9.17, 15) is 14.9 Å². The predicted octanol–water partition coefficient (Wildman–Crippen LogP) is 1.47. The lowest BCUT2D eigenvalue weighted by molar-refractivity contribution is -0.385. The van der Waals surface area contributed by atoms with Crippen LogP contribution in [0.5, 0.6) is 0 Å². The van der Waals surface area contributed by atoms with E-state index in [4.69, 9.17) is 5.11 Å². The highest BCUT2D eigenvalue weighted by Crippen LogP contribution is 2.24. The lowest BCUT2D eigenvalue weighted by Crippen LogP contribution is -2.36. The minimum atomic E-state index is -0.784. The van der Waals surface area contributed by atoms with Gasteiger partial charge in [-0.2, -0.15) is 0 Å². The molecule has 0 radical (unpaired) electrons. The molecular weight excluding hydrogens is 264 g/mol. The lowest BCUT2D eigenvalue weighted by Gasteiger charge is -2.32. The Labute approximate surface area is 115 Å². The Balaban J connectivity index is 1.97. The first-order chi connectivity index (χ1) is 9.56. The maximum Gasteiger partial charge on any atom is 0.305 e. The van der Waals surface area contributed by atoms with Crippen LogP contribution in [0.2, 0.25) is 0 Å². The van der Waals surface area contributed by atoms with Crippen LogP contribution in [0, 0.1) is 16.0 Å². The molecule has 8 nitrogen and oxygen atoms in total. The van der Waals surface area contributed by atoms with Gasteiger partial charge in [0.2, 0.25) is 5.95 Å². The largest absolute Gasteiger partial charge is 0.481 e.